The summed E-state index contributed by atoms with van der Waals surface area (Å²) in [5.74, 6) is 0.432. The lowest BCUT2D eigenvalue weighted by Crippen LogP contribution is -2.27. The highest BCUT2D eigenvalue weighted by atomic mass is 19.4. The third kappa shape index (κ3) is 2.70. The summed E-state index contributed by atoms with van der Waals surface area (Å²) in [6, 6.07) is 4.79. The van der Waals surface area contributed by atoms with Gasteiger partial charge in [-0.05, 0) is 18.1 Å². The Morgan fingerprint density at radius 2 is 1.96 bits per heavy atom. The number of rotatable bonds is 2. The molecule has 1 fully saturated rings. The Balaban J connectivity index is 1.84. The quantitative estimate of drug-likeness (QED) is 0.744. The summed E-state index contributed by atoms with van der Waals surface area (Å²) in [4.78, 5) is 16.9. The minimum Gasteiger partial charge on any atom is -0.391 e. The average molecular weight is 349 g/mol. The number of benzene rings is 1. The van der Waals surface area contributed by atoms with E-state index in [1.165, 1.54) is 24.8 Å². The predicted octanol–water partition coefficient (Wildman–Crippen LogP) is 2.68. The first-order valence-electron chi connectivity index (χ1n) is 7.70. The van der Waals surface area contributed by atoms with Crippen LogP contribution >= 0.6 is 0 Å². The standard InChI is InChI=1S/C16H14F3N5O/c17-16(18,19)11-4-2-1-3-10(11)12-5-9(25)6-24(12)15-13-14(21-7-20-13)22-8-23-15/h1-4,7-9,12,25H,5-6H2,(H,20,21,22,23)/t9-,12-/m1/s1. The van der Waals surface area contributed by atoms with Gasteiger partial charge < -0.3 is 15.0 Å². The van der Waals surface area contributed by atoms with Crippen molar-refractivity contribution in [1.82, 2.24) is 19.9 Å². The van der Waals surface area contributed by atoms with Gasteiger partial charge in [-0.1, -0.05) is 18.2 Å². The molecule has 0 aliphatic carbocycles. The molecule has 2 atom stereocenters. The zero-order valence-corrected chi connectivity index (χ0v) is 12.9. The minimum atomic E-state index is -4.47. The number of hydrogen-bond donors (Lipinski definition) is 2. The molecular weight excluding hydrogens is 335 g/mol. The number of nitrogens with zero attached hydrogens (tertiary/aromatic N) is 4. The third-order valence-electron chi connectivity index (χ3n) is 4.38. The van der Waals surface area contributed by atoms with E-state index in [4.69, 9.17) is 0 Å². The van der Waals surface area contributed by atoms with Crippen molar-refractivity contribution in [2.75, 3.05) is 11.4 Å². The van der Waals surface area contributed by atoms with E-state index in [1.807, 2.05) is 0 Å². The van der Waals surface area contributed by atoms with E-state index < -0.39 is 23.9 Å². The number of imidazole rings is 1. The molecule has 6 nitrogen and oxygen atoms in total. The Hall–Kier alpha value is -2.68. The summed E-state index contributed by atoms with van der Waals surface area (Å²) in [6.45, 7) is 0.183. The number of aliphatic hydroxyl groups excluding tert-OH is 1. The SMILES string of the molecule is O[C@@H]1C[C@H](c2ccccc2C(F)(F)F)N(c2ncnc3nc[nH]c23)C1. The maximum Gasteiger partial charge on any atom is 0.416 e. The van der Waals surface area contributed by atoms with E-state index in [1.54, 1.807) is 11.0 Å². The first kappa shape index (κ1) is 15.8. The number of alkyl halides is 3. The van der Waals surface area contributed by atoms with Gasteiger partial charge in [-0.25, -0.2) is 15.0 Å². The van der Waals surface area contributed by atoms with Gasteiger partial charge in [0.05, 0.1) is 24.0 Å². The van der Waals surface area contributed by atoms with Crippen molar-refractivity contribution in [3.63, 3.8) is 0 Å². The van der Waals surface area contributed by atoms with Crippen molar-refractivity contribution in [1.29, 1.82) is 0 Å². The van der Waals surface area contributed by atoms with E-state index in [2.05, 4.69) is 19.9 Å². The van der Waals surface area contributed by atoms with Crippen LogP contribution in [-0.4, -0.2) is 37.7 Å². The number of nitrogens with one attached hydrogen (secondary N) is 1. The molecule has 130 valence electrons. The Labute approximate surface area is 140 Å². The molecular formula is C16H14F3N5O. The zero-order valence-electron chi connectivity index (χ0n) is 12.9. The summed E-state index contributed by atoms with van der Waals surface area (Å²) in [5, 5.41) is 10.1. The van der Waals surface area contributed by atoms with Crippen LogP contribution in [0.1, 0.15) is 23.6 Å². The van der Waals surface area contributed by atoms with Crippen molar-refractivity contribution >= 4 is 17.0 Å². The minimum absolute atomic E-state index is 0.123. The van der Waals surface area contributed by atoms with Gasteiger partial charge in [-0.3, -0.25) is 0 Å². The van der Waals surface area contributed by atoms with Gasteiger partial charge in [0.25, 0.3) is 0 Å². The number of hydrogen-bond acceptors (Lipinski definition) is 5. The largest absolute Gasteiger partial charge is 0.416 e. The summed E-state index contributed by atoms with van der Waals surface area (Å²) in [7, 11) is 0. The highest BCUT2D eigenvalue weighted by Crippen LogP contribution is 2.42. The second-order valence-corrected chi connectivity index (χ2v) is 5.94. The molecule has 0 radical (unpaired) electrons. The van der Waals surface area contributed by atoms with Crippen molar-refractivity contribution in [3.8, 4) is 0 Å². The molecule has 2 N–H and O–H groups in total. The summed E-state index contributed by atoms with van der Waals surface area (Å²) in [6.07, 6.45) is -2.26. The number of fused-ring (bicyclic) bond motifs is 1. The van der Waals surface area contributed by atoms with Crippen LogP contribution < -0.4 is 4.90 Å². The Bertz CT molecular complexity index is 910. The van der Waals surface area contributed by atoms with Crippen LogP contribution in [0.4, 0.5) is 19.0 Å². The molecule has 25 heavy (non-hydrogen) atoms. The van der Waals surface area contributed by atoms with Crippen LogP contribution in [0.2, 0.25) is 0 Å². The monoisotopic (exact) mass is 349 g/mol. The zero-order chi connectivity index (χ0) is 17.6. The van der Waals surface area contributed by atoms with Crippen LogP contribution in [0.5, 0.6) is 0 Å². The van der Waals surface area contributed by atoms with Crippen LogP contribution in [-0.2, 0) is 6.18 Å². The van der Waals surface area contributed by atoms with Crippen LogP contribution in [0, 0.1) is 0 Å². The second-order valence-electron chi connectivity index (χ2n) is 5.94. The number of halogens is 3. The number of β-amino-alcohol motifs (C(OH)–C–C–N with tert-alkyl or cyclic N) is 1. The summed E-state index contributed by atoms with van der Waals surface area (Å²) in [5.41, 5.74) is 0.382. The van der Waals surface area contributed by atoms with Gasteiger partial charge in [0.1, 0.15) is 11.8 Å². The number of aromatic nitrogens is 4. The fourth-order valence-corrected chi connectivity index (χ4v) is 3.36. The third-order valence-corrected chi connectivity index (χ3v) is 4.38. The van der Waals surface area contributed by atoms with Crippen molar-refractivity contribution in [2.24, 2.45) is 0 Å². The van der Waals surface area contributed by atoms with E-state index in [-0.39, 0.29) is 18.5 Å². The smallest absolute Gasteiger partial charge is 0.391 e. The van der Waals surface area contributed by atoms with Crippen molar-refractivity contribution in [3.05, 3.63) is 48.0 Å². The van der Waals surface area contributed by atoms with E-state index in [0.717, 1.165) is 6.07 Å². The molecule has 0 amide bonds. The summed E-state index contributed by atoms with van der Waals surface area (Å²) < 4.78 is 40.2. The van der Waals surface area contributed by atoms with Crippen LogP contribution in [0.3, 0.4) is 0 Å². The number of aliphatic hydroxyl groups is 1. The van der Waals surface area contributed by atoms with Crippen molar-refractivity contribution < 1.29 is 18.3 Å². The lowest BCUT2D eigenvalue weighted by molar-refractivity contribution is -0.138. The highest BCUT2D eigenvalue weighted by molar-refractivity contribution is 5.83. The molecule has 3 heterocycles. The molecule has 0 saturated carbocycles. The topological polar surface area (TPSA) is 77.9 Å². The average Bonchev–Trinajstić information content (AvgIpc) is 3.20. The molecule has 1 aliphatic heterocycles. The Kier molecular flexibility index (Phi) is 3.60. The Morgan fingerprint density at radius 1 is 1.16 bits per heavy atom. The number of anilines is 1. The van der Waals surface area contributed by atoms with Gasteiger partial charge in [0.15, 0.2) is 11.5 Å². The lowest BCUT2D eigenvalue weighted by Gasteiger charge is -2.28. The fraction of sp³-hybridized carbons (Fsp3) is 0.312. The molecule has 9 heteroatoms. The number of H-pyrrole nitrogens is 1. The highest BCUT2D eigenvalue weighted by Gasteiger charge is 2.40. The van der Waals surface area contributed by atoms with Gasteiger partial charge in [-0.15, -0.1) is 0 Å². The second kappa shape index (κ2) is 5.69. The van der Waals surface area contributed by atoms with Gasteiger partial charge in [0, 0.05) is 6.54 Å². The van der Waals surface area contributed by atoms with E-state index in [9.17, 15) is 18.3 Å². The Morgan fingerprint density at radius 3 is 2.76 bits per heavy atom. The van der Waals surface area contributed by atoms with Gasteiger partial charge in [-0.2, -0.15) is 13.2 Å². The molecule has 4 rings (SSSR count). The normalized spacial score (nSPS) is 21.2. The van der Waals surface area contributed by atoms with Crippen LogP contribution in [0.15, 0.2) is 36.9 Å². The first-order valence-corrected chi connectivity index (χ1v) is 7.70. The lowest BCUT2D eigenvalue weighted by atomic mass is 9.97. The molecule has 1 saturated heterocycles. The molecule has 3 aromatic rings. The van der Waals surface area contributed by atoms with Crippen molar-refractivity contribution in [2.45, 2.75) is 24.7 Å². The molecule has 1 aromatic carbocycles. The van der Waals surface area contributed by atoms with Crippen LogP contribution in [0.25, 0.3) is 11.2 Å². The molecule has 0 bridgehead atoms. The molecule has 0 unspecified atom stereocenters. The predicted molar refractivity (Wildman–Crippen MR) is 83.8 cm³/mol. The van der Waals surface area contributed by atoms with E-state index in [0.29, 0.717) is 17.0 Å². The summed E-state index contributed by atoms with van der Waals surface area (Å²) >= 11 is 0. The maximum absolute atomic E-state index is 13.4. The fourth-order valence-electron chi connectivity index (χ4n) is 3.36. The first-order chi connectivity index (χ1) is 11.9. The molecule has 0 spiro atoms. The van der Waals surface area contributed by atoms with Gasteiger partial charge in [0.2, 0.25) is 0 Å². The van der Waals surface area contributed by atoms with Gasteiger partial charge >= 0.3 is 6.18 Å². The maximum atomic E-state index is 13.4. The molecule has 1 aliphatic rings. The molecule has 2 aromatic heterocycles. The number of aromatic amines is 1. The van der Waals surface area contributed by atoms with E-state index >= 15 is 0 Å².